The molecule has 3 aromatic rings. The number of carbonyl (C=O) groups is 1. The minimum atomic E-state index is -0.0254. The fourth-order valence-corrected chi connectivity index (χ4v) is 3.42. The first-order valence-corrected chi connectivity index (χ1v) is 8.90. The topological polar surface area (TPSA) is 59.8 Å². The number of aromatic nitrogens is 3. The van der Waals surface area contributed by atoms with E-state index in [2.05, 4.69) is 45.8 Å². The maximum atomic E-state index is 12.2. The van der Waals surface area contributed by atoms with Crippen LogP contribution in [0.2, 0.25) is 0 Å². The molecule has 0 fully saturated rings. The number of amides is 1. The Hall–Kier alpha value is -2.60. The van der Waals surface area contributed by atoms with Crippen molar-refractivity contribution in [2.45, 2.75) is 17.2 Å². The van der Waals surface area contributed by atoms with E-state index in [0.717, 1.165) is 22.8 Å². The SMILES string of the molecule is CSc1ccc(C2CC(=O)Nc3c2ncn3-c2cccnc2)cc1. The smallest absolute Gasteiger partial charge is 0.226 e. The molecule has 0 bridgehead atoms. The van der Waals surface area contributed by atoms with Gasteiger partial charge in [-0.15, -0.1) is 11.8 Å². The van der Waals surface area contributed by atoms with Crippen molar-refractivity contribution in [3.8, 4) is 5.69 Å². The highest BCUT2D eigenvalue weighted by Crippen LogP contribution is 2.37. The number of carbonyl (C=O) groups excluding carboxylic acids is 1. The molecule has 4 rings (SSSR count). The van der Waals surface area contributed by atoms with Gasteiger partial charge in [-0.2, -0.15) is 0 Å². The van der Waals surface area contributed by atoms with Crippen LogP contribution in [-0.4, -0.2) is 26.7 Å². The Morgan fingerprint density at radius 1 is 1.25 bits per heavy atom. The second-order valence-electron chi connectivity index (χ2n) is 5.64. The van der Waals surface area contributed by atoms with Crippen LogP contribution in [0.5, 0.6) is 0 Å². The highest BCUT2D eigenvalue weighted by Gasteiger charge is 2.30. The van der Waals surface area contributed by atoms with Crippen LogP contribution in [0.4, 0.5) is 5.82 Å². The summed E-state index contributed by atoms with van der Waals surface area (Å²) >= 11 is 1.71. The lowest BCUT2D eigenvalue weighted by Gasteiger charge is -2.23. The van der Waals surface area contributed by atoms with Crippen LogP contribution in [-0.2, 0) is 4.79 Å². The summed E-state index contributed by atoms with van der Waals surface area (Å²) in [6.07, 6.45) is 7.69. The third kappa shape index (κ3) is 2.59. The minimum Gasteiger partial charge on any atom is -0.310 e. The van der Waals surface area contributed by atoms with Crippen LogP contribution >= 0.6 is 11.8 Å². The second kappa shape index (κ2) is 6.13. The zero-order valence-corrected chi connectivity index (χ0v) is 14.0. The third-order valence-electron chi connectivity index (χ3n) is 4.22. The lowest BCUT2D eigenvalue weighted by Crippen LogP contribution is -2.24. The van der Waals surface area contributed by atoms with Gasteiger partial charge in [0.1, 0.15) is 12.1 Å². The molecule has 2 aromatic heterocycles. The van der Waals surface area contributed by atoms with E-state index in [1.807, 2.05) is 16.7 Å². The van der Waals surface area contributed by atoms with Crippen molar-refractivity contribution >= 4 is 23.5 Å². The number of imidazole rings is 1. The molecule has 1 unspecified atom stereocenters. The molecule has 0 saturated carbocycles. The van der Waals surface area contributed by atoms with Crippen molar-refractivity contribution in [2.75, 3.05) is 11.6 Å². The van der Waals surface area contributed by atoms with Crippen molar-refractivity contribution < 1.29 is 4.79 Å². The lowest BCUT2D eigenvalue weighted by molar-refractivity contribution is -0.116. The van der Waals surface area contributed by atoms with E-state index < -0.39 is 0 Å². The lowest BCUT2D eigenvalue weighted by atomic mass is 9.90. The number of nitrogens with zero attached hydrogens (tertiary/aromatic N) is 3. The number of fused-ring (bicyclic) bond motifs is 1. The second-order valence-corrected chi connectivity index (χ2v) is 6.52. The summed E-state index contributed by atoms with van der Waals surface area (Å²) in [5, 5.41) is 2.96. The summed E-state index contributed by atoms with van der Waals surface area (Å²) in [6.45, 7) is 0. The van der Waals surface area contributed by atoms with Crippen LogP contribution in [0.3, 0.4) is 0 Å². The first-order valence-electron chi connectivity index (χ1n) is 7.67. The van der Waals surface area contributed by atoms with E-state index in [1.54, 1.807) is 30.5 Å². The highest BCUT2D eigenvalue weighted by atomic mass is 32.2. The molecular formula is C18H16N4OS. The van der Waals surface area contributed by atoms with Gasteiger partial charge in [0.05, 0.1) is 17.6 Å². The van der Waals surface area contributed by atoms with E-state index in [1.165, 1.54) is 4.90 Å². The van der Waals surface area contributed by atoms with Crippen LogP contribution in [0.1, 0.15) is 23.6 Å². The molecule has 5 nitrogen and oxygen atoms in total. The van der Waals surface area contributed by atoms with Gasteiger partial charge < -0.3 is 5.32 Å². The molecule has 1 aliphatic heterocycles. The largest absolute Gasteiger partial charge is 0.310 e. The van der Waals surface area contributed by atoms with E-state index in [4.69, 9.17) is 0 Å². The molecule has 3 heterocycles. The molecule has 6 heteroatoms. The van der Waals surface area contributed by atoms with Gasteiger partial charge in [-0.05, 0) is 36.1 Å². The summed E-state index contributed by atoms with van der Waals surface area (Å²) in [7, 11) is 0. The quantitative estimate of drug-likeness (QED) is 0.744. The molecule has 1 amide bonds. The zero-order chi connectivity index (χ0) is 16.5. The molecule has 0 spiro atoms. The number of hydrogen-bond donors (Lipinski definition) is 1. The predicted octanol–water partition coefficient (Wildman–Crippen LogP) is 3.46. The van der Waals surface area contributed by atoms with Crippen LogP contribution in [0.15, 0.2) is 60.0 Å². The highest BCUT2D eigenvalue weighted by molar-refractivity contribution is 7.98. The molecule has 1 atom stereocenters. The van der Waals surface area contributed by atoms with Gasteiger partial charge in [-0.3, -0.25) is 14.3 Å². The maximum absolute atomic E-state index is 12.2. The standard InChI is InChI=1S/C18H16N4OS/c1-24-14-6-4-12(5-7-14)15-9-16(23)21-18-17(15)20-11-22(18)13-3-2-8-19-10-13/h2-8,10-11,15H,9H2,1H3,(H,21,23). The Morgan fingerprint density at radius 2 is 2.08 bits per heavy atom. The number of thioether (sulfide) groups is 1. The number of rotatable bonds is 3. The molecule has 120 valence electrons. The van der Waals surface area contributed by atoms with Crippen LogP contribution < -0.4 is 5.32 Å². The summed E-state index contributed by atoms with van der Waals surface area (Å²) in [5.74, 6) is 0.716. The maximum Gasteiger partial charge on any atom is 0.226 e. The number of benzene rings is 1. The van der Waals surface area contributed by atoms with Crippen LogP contribution in [0.25, 0.3) is 5.69 Å². The van der Waals surface area contributed by atoms with Gasteiger partial charge in [0.2, 0.25) is 5.91 Å². The Balaban J connectivity index is 1.78. The van der Waals surface area contributed by atoms with Gasteiger partial charge in [-0.25, -0.2) is 4.98 Å². The minimum absolute atomic E-state index is 0.00656. The Morgan fingerprint density at radius 3 is 2.79 bits per heavy atom. The fraction of sp³-hybridized carbons (Fsp3) is 0.167. The zero-order valence-electron chi connectivity index (χ0n) is 13.1. The Bertz CT molecular complexity index is 874. The van der Waals surface area contributed by atoms with Gasteiger partial charge in [0, 0.05) is 23.4 Å². The first kappa shape index (κ1) is 15.0. The number of pyridine rings is 1. The van der Waals surface area contributed by atoms with E-state index in [9.17, 15) is 4.79 Å². The summed E-state index contributed by atoms with van der Waals surface area (Å²) < 4.78 is 1.88. The monoisotopic (exact) mass is 336 g/mol. The Labute approximate surface area is 144 Å². The summed E-state index contributed by atoms with van der Waals surface area (Å²) in [4.78, 5) is 22.2. The van der Waals surface area contributed by atoms with E-state index in [-0.39, 0.29) is 11.8 Å². The molecule has 0 saturated heterocycles. The predicted molar refractivity (Wildman–Crippen MR) is 94.7 cm³/mol. The Kier molecular flexibility index (Phi) is 3.82. The fourth-order valence-electron chi connectivity index (χ4n) is 3.01. The third-order valence-corrected chi connectivity index (χ3v) is 4.96. The van der Waals surface area contributed by atoms with Crippen LogP contribution in [0, 0.1) is 0 Å². The molecule has 0 radical (unpaired) electrons. The number of nitrogens with one attached hydrogen (secondary N) is 1. The normalized spacial score (nSPS) is 16.5. The van der Waals surface area contributed by atoms with Gasteiger partial charge >= 0.3 is 0 Å². The molecule has 24 heavy (non-hydrogen) atoms. The molecule has 1 N–H and O–H groups in total. The average molecular weight is 336 g/mol. The van der Waals surface area contributed by atoms with Gasteiger partial charge in [-0.1, -0.05) is 12.1 Å². The van der Waals surface area contributed by atoms with Gasteiger partial charge in [0.25, 0.3) is 0 Å². The molecule has 1 aromatic carbocycles. The van der Waals surface area contributed by atoms with Crippen molar-refractivity contribution in [3.63, 3.8) is 0 Å². The van der Waals surface area contributed by atoms with Crippen molar-refractivity contribution in [1.82, 2.24) is 14.5 Å². The van der Waals surface area contributed by atoms with E-state index in [0.29, 0.717) is 6.42 Å². The van der Waals surface area contributed by atoms with Crippen molar-refractivity contribution in [1.29, 1.82) is 0 Å². The number of anilines is 1. The molecule has 1 aliphatic rings. The molecular weight excluding hydrogens is 320 g/mol. The average Bonchev–Trinajstić information content (AvgIpc) is 3.05. The van der Waals surface area contributed by atoms with E-state index >= 15 is 0 Å². The van der Waals surface area contributed by atoms with Crippen molar-refractivity contribution in [2.24, 2.45) is 0 Å². The van der Waals surface area contributed by atoms with Crippen molar-refractivity contribution in [3.05, 3.63) is 66.4 Å². The summed E-state index contributed by atoms with van der Waals surface area (Å²) in [5.41, 5.74) is 2.89. The number of hydrogen-bond acceptors (Lipinski definition) is 4. The first-order chi connectivity index (χ1) is 11.8. The van der Waals surface area contributed by atoms with Gasteiger partial charge in [0.15, 0.2) is 0 Å². The molecule has 0 aliphatic carbocycles. The summed E-state index contributed by atoms with van der Waals surface area (Å²) in [6, 6.07) is 12.2.